The molecule has 1 aliphatic rings. The summed E-state index contributed by atoms with van der Waals surface area (Å²) in [5.41, 5.74) is -0.609. The Morgan fingerprint density at radius 2 is 2.07 bits per heavy atom. The Kier molecular flexibility index (Phi) is 3.18. The molecular formula is C9H15NO5. The average Bonchev–Trinajstić information content (AvgIpc) is 2.47. The van der Waals surface area contributed by atoms with Crippen molar-refractivity contribution in [3.8, 4) is 0 Å². The highest BCUT2D eigenvalue weighted by molar-refractivity contribution is 5.73. The summed E-state index contributed by atoms with van der Waals surface area (Å²) in [6, 6.07) is 0. The van der Waals surface area contributed by atoms with Crippen LogP contribution in [0.2, 0.25) is 0 Å². The summed E-state index contributed by atoms with van der Waals surface area (Å²) in [6.07, 6.45) is -0.647. The van der Waals surface area contributed by atoms with Gasteiger partial charge in [0.25, 0.3) is 0 Å². The zero-order valence-electron chi connectivity index (χ0n) is 9.02. The second-order valence-corrected chi connectivity index (χ2v) is 4.37. The summed E-state index contributed by atoms with van der Waals surface area (Å²) in [7, 11) is 0. The van der Waals surface area contributed by atoms with Crippen LogP contribution in [0.4, 0.5) is 4.79 Å². The fourth-order valence-corrected chi connectivity index (χ4v) is 1.07. The molecule has 1 atom stereocenters. The van der Waals surface area contributed by atoms with Gasteiger partial charge in [-0.05, 0) is 20.8 Å². The summed E-state index contributed by atoms with van der Waals surface area (Å²) >= 11 is 0. The Morgan fingerprint density at radius 1 is 1.47 bits per heavy atom. The number of hydrogen-bond donors (Lipinski definition) is 1. The molecule has 0 aliphatic carbocycles. The molecule has 1 fully saturated rings. The topological polar surface area (TPSA) is 76.1 Å². The highest BCUT2D eigenvalue weighted by Gasteiger charge is 2.34. The van der Waals surface area contributed by atoms with E-state index in [1.54, 1.807) is 20.8 Å². The van der Waals surface area contributed by atoms with E-state index >= 15 is 0 Å². The minimum absolute atomic E-state index is 0.00851. The number of hydroxylamine groups is 2. The van der Waals surface area contributed by atoms with Gasteiger partial charge in [-0.2, -0.15) is 5.06 Å². The van der Waals surface area contributed by atoms with Crippen LogP contribution < -0.4 is 0 Å². The quantitative estimate of drug-likeness (QED) is 0.705. The van der Waals surface area contributed by atoms with E-state index in [2.05, 4.69) is 0 Å². The van der Waals surface area contributed by atoms with Gasteiger partial charge in [-0.25, -0.2) is 4.79 Å². The molecule has 0 aromatic heterocycles. The summed E-state index contributed by atoms with van der Waals surface area (Å²) in [5, 5.41) is 9.64. The molecule has 0 spiro atoms. The van der Waals surface area contributed by atoms with E-state index in [9.17, 15) is 9.59 Å². The fraction of sp³-hybridized carbons (Fsp3) is 0.778. The minimum Gasteiger partial charge on any atom is -0.481 e. The molecule has 0 saturated carbocycles. The van der Waals surface area contributed by atoms with E-state index in [1.165, 1.54) is 0 Å². The summed E-state index contributed by atoms with van der Waals surface area (Å²) < 4.78 is 5.02. The van der Waals surface area contributed by atoms with Crippen LogP contribution in [0, 0.1) is 5.92 Å². The van der Waals surface area contributed by atoms with E-state index in [4.69, 9.17) is 14.7 Å². The van der Waals surface area contributed by atoms with Crippen LogP contribution in [0.5, 0.6) is 0 Å². The average molecular weight is 217 g/mol. The Balaban J connectivity index is 2.47. The predicted molar refractivity (Wildman–Crippen MR) is 50.0 cm³/mol. The third-order valence-electron chi connectivity index (χ3n) is 1.76. The first-order valence-electron chi connectivity index (χ1n) is 4.66. The number of carboxylic acids is 1. The number of carboxylic acid groups (broad SMARTS) is 1. The van der Waals surface area contributed by atoms with E-state index in [-0.39, 0.29) is 13.2 Å². The van der Waals surface area contributed by atoms with Crippen LogP contribution >= 0.6 is 0 Å². The molecule has 15 heavy (non-hydrogen) atoms. The first kappa shape index (κ1) is 11.8. The zero-order valence-corrected chi connectivity index (χ0v) is 9.02. The molecule has 86 valence electrons. The maximum atomic E-state index is 11.4. The monoisotopic (exact) mass is 217 g/mol. The Bertz CT molecular complexity index is 270. The number of amides is 1. The van der Waals surface area contributed by atoms with Crippen LogP contribution in [-0.2, 0) is 14.4 Å². The first-order chi connectivity index (χ1) is 6.79. The van der Waals surface area contributed by atoms with Crippen molar-refractivity contribution in [2.75, 3.05) is 13.2 Å². The molecule has 1 aliphatic heterocycles. The molecule has 0 radical (unpaired) electrons. The van der Waals surface area contributed by atoms with Crippen molar-refractivity contribution in [1.82, 2.24) is 5.06 Å². The summed E-state index contributed by atoms with van der Waals surface area (Å²) in [5.74, 6) is -1.64. The SMILES string of the molecule is CC(C)(C)OC(=O)N1C[C@H](C(=O)O)CO1. The molecule has 0 unspecified atom stereocenters. The van der Waals surface area contributed by atoms with Gasteiger partial charge in [-0.15, -0.1) is 0 Å². The summed E-state index contributed by atoms with van der Waals surface area (Å²) in [4.78, 5) is 26.9. The standard InChI is InChI=1S/C9H15NO5/c1-9(2,3)15-8(13)10-4-6(5-14-10)7(11)12/h6H,4-5H2,1-3H3,(H,11,12)/t6-/m0/s1. The number of aliphatic carboxylic acids is 1. The first-order valence-corrected chi connectivity index (χ1v) is 4.66. The van der Waals surface area contributed by atoms with Crippen LogP contribution in [-0.4, -0.2) is 41.0 Å². The number of carbonyl (C=O) groups excluding carboxylic acids is 1. The van der Waals surface area contributed by atoms with Crippen LogP contribution in [0.25, 0.3) is 0 Å². The Hall–Kier alpha value is -1.30. The minimum atomic E-state index is -0.971. The molecule has 1 amide bonds. The van der Waals surface area contributed by atoms with Gasteiger partial charge in [-0.3, -0.25) is 9.63 Å². The van der Waals surface area contributed by atoms with Gasteiger partial charge in [0.15, 0.2) is 0 Å². The van der Waals surface area contributed by atoms with Gasteiger partial charge in [0.1, 0.15) is 11.5 Å². The largest absolute Gasteiger partial charge is 0.481 e. The third-order valence-corrected chi connectivity index (χ3v) is 1.76. The molecule has 1 heterocycles. The molecule has 6 heteroatoms. The van der Waals surface area contributed by atoms with Crippen molar-refractivity contribution in [3.63, 3.8) is 0 Å². The van der Waals surface area contributed by atoms with Crippen molar-refractivity contribution in [3.05, 3.63) is 0 Å². The number of carbonyl (C=O) groups is 2. The second-order valence-electron chi connectivity index (χ2n) is 4.37. The number of hydrogen-bond acceptors (Lipinski definition) is 4. The van der Waals surface area contributed by atoms with Crippen molar-refractivity contribution >= 4 is 12.1 Å². The zero-order chi connectivity index (χ0) is 11.6. The molecule has 1 N–H and O–H groups in total. The van der Waals surface area contributed by atoms with E-state index < -0.39 is 23.6 Å². The molecule has 0 bridgehead atoms. The Morgan fingerprint density at radius 3 is 2.47 bits per heavy atom. The molecular weight excluding hydrogens is 202 g/mol. The van der Waals surface area contributed by atoms with Gasteiger partial charge in [0.2, 0.25) is 0 Å². The lowest BCUT2D eigenvalue weighted by Crippen LogP contribution is -2.35. The molecule has 6 nitrogen and oxygen atoms in total. The van der Waals surface area contributed by atoms with Gasteiger partial charge < -0.3 is 9.84 Å². The lowest BCUT2D eigenvalue weighted by molar-refractivity contribution is -0.141. The lowest BCUT2D eigenvalue weighted by atomic mass is 10.2. The van der Waals surface area contributed by atoms with Crippen LogP contribution in [0.3, 0.4) is 0 Å². The van der Waals surface area contributed by atoms with E-state index in [1.807, 2.05) is 0 Å². The smallest absolute Gasteiger partial charge is 0.434 e. The molecule has 0 aromatic rings. The number of ether oxygens (including phenoxy) is 1. The maximum Gasteiger partial charge on any atom is 0.434 e. The predicted octanol–water partition coefficient (Wildman–Crippen LogP) is 0.870. The highest BCUT2D eigenvalue weighted by atomic mass is 16.7. The summed E-state index contributed by atoms with van der Waals surface area (Å²) in [6.45, 7) is 5.24. The van der Waals surface area contributed by atoms with Crippen molar-refractivity contribution in [1.29, 1.82) is 0 Å². The van der Waals surface area contributed by atoms with Crippen molar-refractivity contribution < 1.29 is 24.3 Å². The third kappa shape index (κ3) is 3.39. The van der Waals surface area contributed by atoms with Gasteiger partial charge in [0, 0.05) is 0 Å². The maximum absolute atomic E-state index is 11.4. The van der Waals surface area contributed by atoms with E-state index in [0.717, 1.165) is 5.06 Å². The van der Waals surface area contributed by atoms with E-state index in [0.29, 0.717) is 0 Å². The molecule has 1 saturated heterocycles. The lowest BCUT2D eigenvalue weighted by Gasteiger charge is -2.23. The van der Waals surface area contributed by atoms with Gasteiger partial charge in [-0.1, -0.05) is 0 Å². The fourth-order valence-electron chi connectivity index (χ4n) is 1.07. The molecule has 0 aromatic carbocycles. The van der Waals surface area contributed by atoms with Gasteiger partial charge >= 0.3 is 12.1 Å². The van der Waals surface area contributed by atoms with Crippen LogP contribution in [0.1, 0.15) is 20.8 Å². The number of rotatable bonds is 1. The van der Waals surface area contributed by atoms with Crippen molar-refractivity contribution in [2.24, 2.45) is 5.92 Å². The van der Waals surface area contributed by atoms with Crippen molar-refractivity contribution in [2.45, 2.75) is 26.4 Å². The molecule has 1 rings (SSSR count). The second kappa shape index (κ2) is 4.06. The Labute approximate surface area is 87.7 Å². The normalized spacial score (nSPS) is 21.5. The highest BCUT2D eigenvalue weighted by Crippen LogP contribution is 2.17. The van der Waals surface area contributed by atoms with Gasteiger partial charge in [0.05, 0.1) is 13.2 Å². The van der Waals surface area contributed by atoms with Crippen LogP contribution in [0.15, 0.2) is 0 Å². The number of nitrogens with zero attached hydrogens (tertiary/aromatic N) is 1.